The normalized spacial score (nSPS) is 31.9. The number of carbonyl (C=O) groups excluding carboxylic acids is 1. The van der Waals surface area contributed by atoms with E-state index < -0.39 is 24.3 Å². The fraction of sp³-hybridized carbons (Fsp3) is 0.615. The van der Waals surface area contributed by atoms with Crippen LogP contribution in [0.5, 0.6) is 0 Å². The molecule has 0 aromatic carbocycles. The number of anilines is 2. The summed E-state index contributed by atoms with van der Waals surface area (Å²) in [6.45, 7) is 2.52. The molecule has 0 spiro atoms. The monoisotopic (exact) mass is 524 g/mol. The number of aromatic amines is 1. The summed E-state index contributed by atoms with van der Waals surface area (Å²) in [7, 11) is 1.73. The van der Waals surface area contributed by atoms with Crippen molar-refractivity contribution in [1.82, 2.24) is 34.8 Å². The Bertz CT molecular complexity index is 1330. The van der Waals surface area contributed by atoms with Gasteiger partial charge in [0, 0.05) is 61.9 Å². The van der Waals surface area contributed by atoms with Crippen LogP contribution in [0.15, 0.2) is 24.5 Å². The van der Waals surface area contributed by atoms with Crippen LogP contribution in [-0.4, -0.2) is 79.7 Å². The number of fused-ring (bicyclic) bond motifs is 1. The Hall–Kier alpha value is -3.25. The molecule has 1 amide bonds. The molecule has 0 radical (unpaired) electrons. The van der Waals surface area contributed by atoms with Crippen LogP contribution in [0.3, 0.4) is 0 Å². The predicted molar refractivity (Wildman–Crippen MR) is 136 cm³/mol. The first-order valence-corrected chi connectivity index (χ1v) is 13.5. The van der Waals surface area contributed by atoms with E-state index in [0.29, 0.717) is 36.3 Å². The van der Waals surface area contributed by atoms with E-state index in [1.165, 1.54) is 0 Å². The van der Waals surface area contributed by atoms with Crippen LogP contribution in [0, 0.1) is 5.92 Å². The number of likely N-dealkylation sites (tertiary alicyclic amines) is 1. The lowest BCUT2D eigenvalue weighted by Crippen LogP contribution is -2.68. The fourth-order valence-electron chi connectivity index (χ4n) is 6.52. The van der Waals surface area contributed by atoms with Crippen LogP contribution in [0.2, 0.25) is 0 Å². The molecule has 12 heteroatoms. The van der Waals surface area contributed by atoms with Crippen molar-refractivity contribution in [2.24, 2.45) is 5.92 Å². The summed E-state index contributed by atoms with van der Waals surface area (Å²) >= 11 is 0. The number of halogens is 1. The highest BCUT2D eigenvalue weighted by atomic mass is 19.1. The van der Waals surface area contributed by atoms with E-state index in [4.69, 9.17) is 14.5 Å². The molecule has 5 aliphatic rings. The highest BCUT2D eigenvalue weighted by molar-refractivity contribution is 5.69. The maximum atomic E-state index is 15.3. The molecule has 11 nitrogen and oxygen atoms in total. The van der Waals surface area contributed by atoms with Gasteiger partial charge in [-0.2, -0.15) is 5.10 Å². The molecule has 3 N–H and O–H groups in total. The summed E-state index contributed by atoms with van der Waals surface area (Å²) in [5.74, 6) is 1.45. The standard InChI is InChI=1S/C26H33FN8O3/c1-37-14-17-5-7-34(17)12-16-13-35-22(29-16)4-6-28-24(35)30-21-8-19(32-33-21)18-2-3-20(23(18)27)38-25(36)31-26-9-15(10-26)11-26/h4,6,8,13,15,17-18,20,23H,2-3,5,7,9-12,14H2,1H3,(H,31,36)(H2,28,30,32,33)/t15?,17?,18-,20-,23-,26?/m0/s1. The third-order valence-corrected chi connectivity index (χ3v) is 8.82. The summed E-state index contributed by atoms with van der Waals surface area (Å²) < 4.78 is 28.0. The lowest BCUT2D eigenvalue weighted by Gasteiger charge is -2.61. The van der Waals surface area contributed by atoms with Crippen LogP contribution in [0.1, 0.15) is 55.8 Å². The van der Waals surface area contributed by atoms with Gasteiger partial charge in [0.15, 0.2) is 5.82 Å². The molecule has 3 aromatic heterocycles. The van der Waals surface area contributed by atoms with E-state index >= 15 is 4.39 Å². The second kappa shape index (κ2) is 9.19. The number of nitrogens with zero attached hydrogens (tertiary/aromatic N) is 5. The van der Waals surface area contributed by atoms with Crippen LogP contribution in [-0.2, 0) is 16.0 Å². The Balaban J connectivity index is 0.989. The largest absolute Gasteiger partial charge is 0.443 e. The van der Waals surface area contributed by atoms with E-state index in [0.717, 1.165) is 62.6 Å². The second-order valence-electron chi connectivity index (χ2n) is 11.4. The van der Waals surface area contributed by atoms with Crippen molar-refractivity contribution in [3.63, 3.8) is 0 Å². The molecule has 38 heavy (non-hydrogen) atoms. The van der Waals surface area contributed by atoms with E-state index in [-0.39, 0.29) is 5.54 Å². The number of rotatable bonds is 9. The van der Waals surface area contributed by atoms with Gasteiger partial charge in [-0.15, -0.1) is 0 Å². The number of hydrogen-bond acceptors (Lipinski definition) is 8. The molecular formula is C26H33FN8O3. The molecule has 4 heterocycles. The Morgan fingerprint density at radius 1 is 1.29 bits per heavy atom. The highest BCUT2D eigenvalue weighted by Crippen LogP contribution is 2.57. The number of methoxy groups -OCH3 is 1. The van der Waals surface area contributed by atoms with Crippen molar-refractivity contribution < 1.29 is 18.7 Å². The van der Waals surface area contributed by atoms with Crippen molar-refractivity contribution >= 4 is 23.5 Å². The number of H-pyrrole nitrogens is 1. The Morgan fingerprint density at radius 2 is 2.16 bits per heavy atom. The lowest BCUT2D eigenvalue weighted by molar-refractivity contribution is -0.0532. The summed E-state index contributed by atoms with van der Waals surface area (Å²) in [5, 5.41) is 13.5. The third-order valence-electron chi connectivity index (χ3n) is 8.82. The highest BCUT2D eigenvalue weighted by Gasteiger charge is 2.58. The van der Waals surface area contributed by atoms with Crippen molar-refractivity contribution in [2.45, 2.75) is 74.8 Å². The van der Waals surface area contributed by atoms with E-state index in [1.807, 2.05) is 16.7 Å². The van der Waals surface area contributed by atoms with Crippen molar-refractivity contribution in [1.29, 1.82) is 0 Å². The quantitative estimate of drug-likeness (QED) is 0.390. The maximum Gasteiger partial charge on any atom is 0.407 e. The van der Waals surface area contributed by atoms with Crippen LogP contribution < -0.4 is 10.6 Å². The van der Waals surface area contributed by atoms with E-state index in [2.05, 4.69) is 30.7 Å². The topological polar surface area (TPSA) is 122 Å². The molecule has 1 saturated heterocycles. The van der Waals surface area contributed by atoms with Gasteiger partial charge in [-0.05, 0) is 50.5 Å². The fourth-order valence-corrected chi connectivity index (χ4v) is 6.52. The molecule has 4 aliphatic carbocycles. The summed E-state index contributed by atoms with van der Waals surface area (Å²) in [6.07, 6.45) is 6.42. The smallest absolute Gasteiger partial charge is 0.407 e. The van der Waals surface area contributed by atoms with Gasteiger partial charge < -0.3 is 20.1 Å². The minimum Gasteiger partial charge on any atom is -0.443 e. The number of nitrogens with one attached hydrogen (secondary N) is 3. The van der Waals surface area contributed by atoms with Gasteiger partial charge in [0.05, 0.1) is 12.3 Å². The van der Waals surface area contributed by atoms with E-state index in [9.17, 15) is 4.79 Å². The van der Waals surface area contributed by atoms with Gasteiger partial charge in [0.1, 0.15) is 17.9 Å². The zero-order valence-electron chi connectivity index (χ0n) is 21.4. The van der Waals surface area contributed by atoms with Gasteiger partial charge in [-0.1, -0.05) is 0 Å². The zero-order valence-corrected chi connectivity index (χ0v) is 21.4. The average Bonchev–Trinajstić information content (AvgIpc) is 3.56. The number of alkyl carbamates (subject to hydrolysis) is 1. The van der Waals surface area contributed by atoms with E-state index in [1.54, 1.807) is 19.4 Å². The Kier molecular flexibility index (Phi) is 5.77. The van der Waals surface area contributed by atoms with Crippen LogP contribution in [0.4, 0.5) is 21.0 Å². The number of aromatic nitrogens is 5. The predicted octanol–water partition coefficient (Wildman–Crippen LogP) is 3.28. The minimum absolute atomic E-state index is 0.0796. The SMILES string of the molecule is COCC1CCN1Cc1cn2c(Nc3cc([C@@H]4CC[C@H](OC(=O)NC56CC(C5)C6)[C@H]4F)[nH]n3)nccc2n1. The van der Waals surface area contributed by atoms with Crippen LogP contribution in [0.25, 0.3) is 5.65 Å². The number of carbonyl (C=O) groups is 1. The maximum absolute atomic E-state index is 15.3. The number of ether oxygens (including phenoxy) is 2. The Morgan fingerprint density at radius 3 is 2.89 bits per heavy atom. The molecular weight excluding hydrogens is 491 g/mol. The van der Waals surface area contributed by atoms with Gasteiger partial charge in [0.25, 0.3) is 0 Å². The molecule has 3 aromatic rings. The second-order valence-corrected chi connectivity index (χ2v) is 11.4. The summed E-state index contributed by atoms with van der Waals surface area (Å²) in [4.78, 5) is 23.9. The average molecular weight is 525 g/mol. The van der Waals surface area contributed by atoms with Gasteiger partial charge in [-0.25, -0.2) is 19.2 Å². The third kappa shape index (κ3) is 4.19. The first kappa shape index (κ1) is 23.8. The first-order valence-electron chi connectivity index (χ1n) is 13.5. The molecule has 8 rings (SSSR count). The van der Waals surface area contributed by atoms with Gasteiger partial charge in [-0.3, -0.25) is 14.4 Å². The van der Waals surface area contributed by atoms with Crippen LogP contribution >= 0.6 is 0 Å². The van der Waals surface area contributed by atoms with Crippen molar-refractivity contribution in [3.05, 3.63) is 35.9 Å². The number of amides is 1. The molecule has 4 atom stereocenters. The molecule has 4 saturated carbocycles. The molecule has 202 valence electrons. The van der Waals surface area contributed by atoms with Gasteiger partial charge >= 0.3 is 6.09 Å². The number of hydrogen-bond donors (Lipinski definition) is 3. The molecule has 1 aliphatic heterocycles. The van der Waals surface area contributed by atoms with Gasteiger partial charge in [0.2, 0.25) is 5.95 Å². The summed E-state index contributed by atoms with van der Waals surface area (Å²) in [6, 6.07) is 4.10. The Labute approximate surface area is 219 Å². The van der Waals surface area contributed by atoms with Crippen molar-refractivity contribution in [2.75, 3.05) is 25.6 Å². The minimum atomic E-state index is -1.29. The first-order chi connectivity index (χ1) is 18.5. The lowest BCUT2D eigenvalue weighted by atomic mass is 9.50. The molecule has 5 fully saturated rings. The molecule has 2 bridgehead atoms. The number of alkyl halides is 1. The van der Waals surface area contributed by atoms with Crippen molar-refractivity contribution in [3.8, 4) is 0 Å². The number of imidazole rings is 1. The zero-order chi connectivity index (χ0) is 25.9. The summed E-state index contributed by atoms with van der Waals surface area (Å²) in [5.41, 5.74) is 2.34. The molecule has 1 unspecified atom stereocenters.